The Morgan fingerprint density at radius 1 is 1.07 bits per heavy atom. The van der Waals surface area contributed by atoms with Gasteiger partial charge in [0, 0.05) is 39.2 Å². The Labute approximate surface area is 257 Å². The lowest BCUT2D eigenvalue weighted by Gasteiger charge is -2.12. The third-order valence-electron chi connectivity index (χ3n) is 7.00. The fraction of sp³-hybridized carbons (Fsp3) is 0.212. The van der Waals surface area contributed by atoms with Gasteiger partial charge in [0.1, 0.15) is 17.4 Å². The van der Waals surface area contributed by atoms with Gasteiger partial charge in [-0.1, -0.05) is 29.3 Å². The molecule has 3 aromatic carbocycles. The van der Waals surface area contributed by atoms with Gasteiger partial charge in [-0.15, -0.1) is 0 Å². The molecule has 0 saturated carbocycles. The number of halogens is 2. The van der Waals surface area contributed by atoms with Gasteiger partial charge in [0.2, 0.25) is 0 Å². The number of unbranched alkanes of at least 4 members (excludes halogenated alkanes) is 1. The second-order valence-electron chi connectivity index (χ2n) is 10.2. The van der Waals surface area contributed by atoms with Crippen LogP contribution in [0.15, 0.2) is 87.2 Å². The van der Waals surface area contributed by atoms with E-state index < -0.39 is 0 Å². The topological polar surface area (TPSA) is 90.5 Å². The van der Waals surface area contributed by atoms with E-state index in [-0.39, 0.29) is 23.9 Å². The van der Waals surface area contributed by atoms with Crippen molar-refractivity contribution < 1.29 is 13.9 Å². The minimum absolute atomic E-state index is 0.181. The van der Waals surface area contributed by atoms with Gasteiger partial charge in [-0.2, -0.15) is 9.78 Å². The molecule has 0 saturated heterocycles. The molecule has 1 amide bonds. The summed E-state index contributed by atoms with van der Waals surface area (Å²) in [6, 6.07) is 20.5. The molecule has 8 nitrogen and oxygen atoms in total. The quantitative estimate of drug-likeness (QED) is 0.167. The van der Waals surface area contributed by atoms with E-state index >= 15 is 0 Å². The van der Waals surface area contributed by atoms with Crippen LogP contribution in [0.5, 0.6) is 5.75 Å². The number of aryl methyl sites for hydroxylation is 2. The van der Waals surface area contributed by atoms with Crippen molar-refractivity contribution in [1.29, 1.82) is 0 Å². The van der Waals surface area contributed by atoms with Gasteiger partial charge in [0.15, 0.2) is 6.61 Å². The number of nitrogens with one attached hydrogen (secondary N) is 1. The lowest BCUT2D eigenvalue weighted by atomic mass is 10.2. The smallest absolute Gasteiger partial charge is 0.282 e. The van der Waals surface area contributed by atoms with E-state index in [0.717, 1.165) is 40.0 Å². The molecule has 0 bridgehead atoms. The highest BCUT2D eigenvalue weighted by Gasteiger charge is 2.13. The molecule has 5 aromatic rings. The molecule has 0 atom stereocenters. The van der Waals surface area contributed by atoms with Gasteiger partial charge in [-0.3, -0.25) is 9.59 Å². The number of benzene rings is 3. The summed E-state index contributed by atoms with van der Waals surface area (Å²) in [5.41, 5.74) is 4.68. The van der Waals surface area contributed by atoms with Crippen molar-refractivity contribution >= 4 is 44.6 Å². The van der Waals surface area contributed by atoms with Crippen LogP contribution in [0.2, 0.25) is 0 Å². The van der Waals surface area contributed by atoms with Crippen LogP contribution in [0.1, 0.15) is 42.5 Å². The Bertz CT molecular complexity index is 1860. The molecule has 220 valence electrons. The van der Waals surface area contributed by atoms with Crippen LogP contribution >= 0.6 is 15.9 Å². The van der Waals surface area contributed by atoms with Crippen molar-refractivity contribution in [2.24, 2.45) is 5.10 Å². The van der Waals surface area contributed by atoms with E-state index in [1.165, 1.54) is 28.9 Å². The minimum atomic E-state index is -0.371. The third-order valence-corrected chi connectivity index (χ3v) is 7.50. The minimum Gasteiger partial charge on any atom is -0.484 e. The number of fused-ring (bicyclic) bond motifs is 1. The first-order valence-electron chi connectivity index (χ1n) is 14.0. The molecule has 0 aliphatic carbocycles. The van der Waals surface area contributed by atoms with E-state index in [4.69, 9.17) is 9.72 Å². The average Bonchev–Trinajstić information content (AvgIpc) is 3.28. The highest BCUT2D eigenvalue weighted by atomic mass is 79.9. The fourth-order valence-corrected chi connectivity index (χ4v) is 5.18. The number of rotatable bonds is 10. The zero-order valence-electron chi connectivity index (χ0n) is 24.1. The molecule has 0 radical (unpaired) electrons. The van der Waals surface area contributed by atoms with Crippen LogP contribution in [-0.4, -0.2) is 33.0 Å². The Morgan fingerprint density at radius 3 is 2.53 bits per heavy atom. The molecule has 2 aromatic heterocycles. The zero-order chi connectivity index (χ0) is 30.5. The molecule has 0 unspecified atom stereocenters. The number of carbonyl (C=O) groups excluding carboxylic acids is 1. The number of aromatic nitrogens is 3. The van der Waals surface area contributed by atoms with Crippen LogP contribution in [0.25, 0.3) is 16.6 Å². The molecule has 43 heavy (non-hydrogen) atoms. The molecule has 2 heterocycles. The number of amides is 1. The molecule has 0 spiro atoms. The summed E-state index contributed by atoms with van der Waals surface area (Å²) in [5, 5.41) is 7.80. The maximum Gasteiger partial charge on any atom is 0.282 e. The van der Waals surface area contributed by atoms with Crippen molar-refractivity contribution in [3.8, 4) is 11.4 Å². The van der Waals surface area contributed by atoms with Gasteiger partial charge >= 0.3 is 0 Å². The molecule has 10 heteroatoms. The normalized spacial score (nSPS) is 11.4. The summed E-state index contributed by atoms with van der Waals surface area (Å²) < 4.78 is 23.0. The third kappa shape index (κ3) is 6.91. The summed E-state index contributed by atoms with van der Waals surface area (Å²) in [7, 11) is 0. The summed E-state index contributed by atoms with van der Waals surface area (Å²) in [6.07, 6.45) is 4.23. The van der Waals surface area contributed by atoms with E-state index in [0.29, 0.717) is 34.6 Å². The Hall–Kier alpha value is -4.57. The van der Waals surface area contributed by atoms with Crippen LogP contribution in [-0.2, 0) is 11.2 Å². The fourth-order valence-electron chi connectivity index (χ4n) is 4.82. The lowest BCUT2D eigenvalue weighted by Crippen LogP contribution is -2.22. The molecule has 0 fully saturated rings. The largest absolute Gasteiger partial charge is 0.484 e. The molecule has 0 aliphatic heterocycles. The summed E-state index contributed by atoms with van der Waals surface area (Å²) in [4.78, 5) is 30.4. The maximum absolute atomic E-state index is 13.4. The van der Waals surface area contributed by atoms with E-state index in [9.17, 15) is 14.0 Å². The molecular weight excluding hydrogens is 613 g/mol. The van der Waals surface area contributed by atoms with Crippen LogP contribution in [0, 0.1) is 19.7 Å². The summed E-state index contributed by atoms with van der Waals surface area (Å²) in [6.45, 7) is 5.92. The first-order chi connectivity index (χ1) is 20.7. The van der Waals surface area contributed by atoms with Crippen molar-refractivity contribution in [3.05, 3.63) is 116 Å². The van der Waals surface area contributed by atoms with Crippen molar-refractivity contribution in [3.63, 3.8) is 0 Å². The number of nitrogens with zero attached hydrogens (tertiary/aromatic N) is 4. The Kier molecular flexibility index (Phi) is 9.16. The van der Waals surface area contributed by atoms with Gasteiger partial charge < -0.3 is 14.6 Å². The van der Waals surface area contributed by atoms with Crippen LogP contribution in [0.3, 0.4) is 0 Å². The predicted molar refractivity (Wildman–Crippen MR) is 171 cm³/mol. The number of hydrogen-bond donors (Lipinski definition) is 1. The lowest BCUT2D eigenvalue weighted by molar-refractivity contribution is -0.118. The highest BCUT2D eigenvalue weighted by molar-refractivity contribution is 9.10. The predicted octanol–water partition coefficient (Wildman–Crippen LogP) is 6.95. The first-order valence-corrected chi connectivity index (χ1v) is 14.8. The van der Waals surface area contributed by atoms with Gasteiger partial charge in [0.25, 0.3) is 11.5 Å². The average molecular weight is 645 g/mol. The highest BCUT2D eigenvalue weighted by Crippen LogP contribution is 2.23. The Morgan fingerprint density at radius 2 is 1.81 bits per heavy atom. The SMILES string of the molecule is CCCCc1nc2ccc(Br)cc2c(=O)n1N=Cc1cc(C)n(-c2ccc(OCC(=O)Nc3ccc(F)cc3)cc2)c1C. The molecule has 1 N–H and O–H groups in total. The Balaban J connectivity index is 1.34. The number of anilines is 1. The molecule has 5 rings (SSSR count). The van der Waals surface area contributed by atoms with Crippen LogP contribution < -0.4 is 15.6 Å². The standard InChI is InChI=1S/C33H31BrFN5O3/c1-4-5-6-31-38-30-16-7-24(34)18-29(30)33(42)40(31)36-19-23-17-21(2)39(22(23)3)27-12-14-28(15-13-27)43-20-32(41)37-26-10-8-25(35)9-11-26/h7-19H,4-6,20H2,1-3H3,(H,37,41). The second-order valence-corrected chi connectivity index (χ2v) is 11.1. The molecular formula is C33H31BrFN5O3. The second kappa shape index (κ2) is 13.2. The number of carbonyl (C=O) groups is 1. The van der Waals surface area contributed by atoms with Gasteiger partial charge in [0.05, 0.1) is 17.1 Å². The van der Waals surface area contributed by atoms with E-state index in [2.05, 4.69) is 37.8 Å². The number of ether oxygens (including phenoxy) is 1. The van der Waals surface area contributed by atoms with Crippen molar-refractivity contribution in [2.45, 2.75) is 40.0 Å². The first kappa shape index (κ1) is 29.9. The zero-order valence-corrected chi connectivity index (χ0v) is 25.7. The maximum atomic E-state index is 13.4. The molecule has 0 aliphatic rings. The monoisotopic (exact) mass is 643 g/mol. The van der Waals surface area contributed by atoms with Crippen LogP contribution in [0.4, 0.5) is 10.1 Å². The van der Waals surface area contributed by atoms with Crippen molar-refractivity contribution in [2.75, 3.05) is 11.9 Å². The van der Waals surface area contributed by atoms with Crippen molar-refractivity contribution in [1.82, 2.24) is 14.2 Å². The van der Waals surface area contributed by atoms with E-state index in [1.807, 2.05) is 44.2 Å². The van der Waals surface area contributed by atoms with E-state index in [1.54, 1.807) is 24.4 Å². The number of hydrogen-bond acceptors (Lipinski definition) is 5. The summed E-state index contributed by atoms with van der Waals surface area (Å²) in [5.74, 6) is 0.456. The van der Waals surface area contributed by atoms with Gasteiger partial charge in [-0.25, -0.2) is 9.37 Å². The van der Waals surface area contributed by atoms with Gasteiger partial charge in [-0.05, 0) is 93.1 Å². The summed E-state index contributed by atoms with van der Waals surface area (Å²) >= 11 is 3.45.